The smallest absolute Gasteiger partial charge is 0.237 e. The van der Waals surface area contributed by atoms with Crippen LogP contribution in [0.25, 0.3) is 0 Å². The molecule has 0 saturated heterocycles. The number of nitrogens with two attached hydrogens (primary N) is 1. The minimum Gasteiger partial charge on any atom is -0.350 e. The van der Waals surface area contributed by atoms with Crippen molar-refractivity contribution in [2.45, 2.75) is 52.1 Å². The van der Waals surface area contributed by atoms with E-state index in [1.807, 2.05) is 27.7 Å². The van der Waals surface area contributed by atoms with Crippen molar-refractivity contribution in [3.05, 3.63) is 0 Å². The van der Waals surface area contributed by atoms with E-state index in [2.05, 4.69) is 5.32 Å². The zero-order valence-corrected chi connectivity index (χ0v) is 8.48. The fourth-order valence-corrected chi connectivity index (χ4v) is 0.700. The number of hydrogen-bond acceptors (Lipinski definition) is 2. The molecule has 1 amide bonds. The van der Waals surface area contributed by atoms with E-state index in [0.29, 0.717) is 6.42 Å². The van der Waals surface area contributed by atoms with E-state index in [4.69, 9.17) is 5.73 Å². The van der Waals surface area contributed by atoms with Crippen molar-refractivity contribution in [3.8, 4) is 0 Å². The largest absolute Gasteiger partial charge is 0.350 e. The summed E-state index contributed by atoms with van der Waals surface area (Å²) >= 11 is 0. The average molecular weight is 172 g/mol. The van der Waals surface area contributed by atoms with Gasteiger partial charge in [0.05, 0.1) is 6.04 Å². The summed E-state index contributed by atoms with van der Waals surface area (Å²) in [5.74, 6) is -0.0515. The highest BCUT2D eigenvalue weighted by molar-refractivity contribution is 5.82. The molecule has 0 aromatic heterocycles. The van der Waals surface area contributed by atoms with Crippen LogP contribution in [-0.2, 0) is 4.79 Å². The molecule has 1 atom stereocenters. The van der Waals surface area contributed by atoms with Crippen molar-refractivity contribution in [2.24, 2.45) is 5.73 Å². The molecule has 12 heavy (non-hydrogen) atoms. The first kappa shape index (κ1) is 11.4. The number of carbonyl (C=O) groups is 1. The fourth-order valence-electron chi connectivity index (χ4n) is 0.700. The first-order valence-corrected chi connectivity index (χ1v) is 4.50. The molecule has 0 saturated carbocycles. The Hall–Kier alpha value is -0.570. The quantitative estimate of drug-likeness (QED) is 0.665. The van der Waals surface area contributed by atoms with Gasteiger partial charge >= 0.3 is 0 Å². The number of hydrogen-bond donors (Lipinski definition) is 2. The van der Waals surface area contributed by atoms with E-state index in [1.54, 1.807) is 0 Å². The van der Waals surface area contributed by atoms with Crippen LogP contribution in [0.5, 0.6) is 0 Å². The maximum Gasteiger partial charge on any atom is 0.237 e. The highest BCUT2D eigenvalue weighted by Crippen LogP contribution is 2.06. The van der Waals surface area contributed by atoms with Gasteiger partial charge in [0.15, 0.2) is 0 Å². The van der Waals surface area contributed by atoms with Crippen LogP contribution >= 0.6 is 0 Å². The molecule has 0 aliphatic carbocycles. The van der Waals surface area contributed by atoms with Crippen molar-refractivity contribution in [1.29, 1.82) is 0 Å². The second-order valence-electron chi connectivity index (χ2n) is 3.74. The maximum absolute atomic E-state index is 11.3. The Morgan fingerprint density at radius 2 is 2.00 bits per heavy atom. The average Bonchev–Trinajstić information content (AvgIpc) is 2.02. The molecular weight excluding hydrogens is 152 g/mol. The van der Waals surface area contributed by atoms with Crippen LogP contribution in [-0.4, -0.2) is 17.5 Å². The second kappa shape index (κ2) is 4.45. The molecular formula is C9H20N2O. The van der Waals surface area contributed by atoms with Gasteiger partial charge < -0.3 is 11.1 Å². The number of amides is 1. The third kappa shape index (κ3) is 3.72. The Balaban J connectivity index is 4.00. The van der Waals surface area contributed by atoms with Crippen LogP contribution in [0.2, 0.25) is 0 Å². The predicted octanol–water partition coefficient (Wildman–Crippen LogP) is 1.03. The molecule has 0 fully saturated rings. The van der Waals surface area contributed by atoms with Crippen LogP contribution in [0.3, 0.4) is 0 Å². The molecule has 0 aromatic rings. The van der Waals surface area contributed by atoms with E-state index in [0.717, 1.165) is 6.42 Å². The summed E-state index contributed by atoms with van der Waals surface area (Å²) in [6, 6.07) is -0.365. The van der Waals surface area contributed by atoms with Crippen molar-refractivity contribution in [1.82, 2.24) is 5.32 Å². The van der Waals surface area contributed by atoms with Crippen molar-refractivity contribution in [2.75, 3.05) is 0 Å². The molecule has 0 heterocycles. The Labute approximate surface area is 74.7 Å². The molecule has 0 radical (unpaired) electrons. The summed E-state index contributed by atoms with van der Waals surface area (Å²) in [7, 11) is 0. The van der Waals surface area contributed by atoms with Gasteiger partial charge in [0, 0.05) is 5.54 Å². The molecule has 0 spiro atoms. The van der Waals surface area contributed by atoms with E-state index in [9.17, 15) is 4.79 Å². The molecule has 1 unspecified atom stereocenters. The summed E-state index contributed by atoms with van der Waals surface area (Å²) in [5, 5.41) is 2.89. The molecule has 3 nitrogen and oxygen atoms in total. The van der Waals surface area contributed by atoms with Crippen LogP contribution in [0.15, 0.2) is 0 Å². The minimum absolute atomic E-state index is 0.0515. The molecule has 0 aromatic carbocycles. The SMILES string of the molecule is CCC(N)C(=O)NC(C)(C)CC. The molecule has 0 bridgehead atoms. The van der Waals surface area contributed by atoms with Gasteiger partial charge in [-0.25, -0.2) is 0 Å². The Bertz CT molecular complexity index is 155. The molecule has 3 heteroatoms. The summed E-state index contributed by atoms with van der Waals surface area (Å²) < 4.78 is 0. The Kier molecular flexibility index (Phi) is 4.24. The summed E-state index contributed by atoms with van der Waals surface area (Å²) in [6.07, 6.45) is 1.60. The summed E-state index contributed by atoms with van der Waals surface area (Å²) in [5.41, 5.74) is 5.43. The highest BCUT2D eigenvalue weighted by atomic mass is 16.2. The van der Waals surface area contributed by atoms with Gasteiger partial charge in [0.2, 0.25) is 5.91 Å². The third-order valence-corrected chi connectivity index (χ3v) is 2.12. The van der Waals surface area contributed by atoms with E-state index < -0.39 is 0 Å². The third-order valence-electron chi connectivity index (χ3n) is 2.12. The lowest BCUT2D eigenvalue weighted by Gasteiger charge is -2.26. The van der Waals surface area contributed by atoms with Crippen LogP contribution in [0.1, 0.15) is 40.5 Å². The van der Waals surface area contributed by atoms with Gasteiger partial charge in [-0.15, -0.1) is 0 Å². The summed E-state index contributed by atoms with van der Waals surface area (Å²) in [4.78, 5) is 11.3. The van der Waals surface area contributed by atoms with Crippen LogP contribution in [0.4, 0.5) is 0 Å². The van der Waals surface area contributed by atoms with E-state index >= 15 is 0 Å². The van der Waals surface area contributed by atoms with Gasteiger partial charge in [0.1, 0.15) is 0 Å². The highest BCUT2D eigenvalue weighted by Gasteiger charge is 2.20. The Morgan fingerprint density at radius 1 is 1.50 bits per heavy atom. The number of carbonyl (C=O) groups excluding carboxylic acids is 1. The first-order valence-electron chi connectivity index (χ1n) is 4.50. The van der Waals surface area contributed by atoms with Crippen molar-refractivity contribution in [3.63, 3.8) is 0 Å². The Morgan fingerprint density at radius 3 is 2.33 bits per heavy atom. The monoisotopic (exact) mass is 172 g/mol. The molecule has 0 aliphatic rings. The van der Waals surface area contributed by atoms with Gasteiger partial charge in [-0.3, -0.25) is 4.79 Å². The molecule has 72 valence electrons. The lowest BCUT2D eigenvalue weighted by atomic mass is 10.0. The van der Waals surface area contributed by atoms with Crippen LogP contribution in [0, 0.1) is 0 Å². The van der Waals surface area contributed by atoms with Gasteiger partial charge in [-0.1, -0.05) is 13.8 Å². The summed E-state index contributed by atoms with van der Waals surface area (Å²) in [6.45, 7) is 7.93. The van der Waals surface area contributed by atoms with Gasteiger partial charge in [0.25, 0.3) is 0 Å². The van der Waals surface area contributed by atoms with E-state index in [-0.39, 0.29) is 17.5 Å². The zero-order valence-electron chi connectivity index (χ0n) is 8.48. The van der Waals surface area contributed by atoms with Gasteiger partial charge in [-0.2, -0.15) is 0 Å². The lowest BCUT2D eigenvalue weighted by molar-refractivity contribution is -0.124. The topological polar surface area (TPSA) is 55.1 Å². The second-order valence-corrected chi connectivity index (χ2v) is 3.74. The normalized spacial score (nSPS) is 14.1. The van der Waals surface area contributed by atoms with E-state index in [1.165, 1.54) is 0 Å². The molecule has 3 N–H and O–H groups in total. The molecule has 0 rings (SSSR count). The predicted molar refractivity (Wildman–Crippen MR) is 50.8 cm³/mol. The number of nitrogens with one attached hydrogen (secondary N) is 1. The standard InChI is InChI=1S/C9H20N2O/c1-5-7(10)8(12)11-9(3,4)6-2/h7H,5-6,10H2,1-4H3,(H,11,12). The zero-order chi connectivity index (χ0) is 9.78. The van der Waals surface area contributed by atoms with Crippen LogP contribution < -0.4 is 11.1 Å². The first-order chi connectivity index (χ1) is 5.43. The molecule has 0 aliphatic heterocycles. The fraction of sp³-hybridized carbons (Fsp3) is 0.889. The maximum atomic E-state index is 11.3. The lowest BCUT2D eigenvalue weighted by Crippen LogP contribution is -2.49. The van der Waals surface area contributed by atoms with Crippen molar-refractivity contribution < 1.29 is 4.79 Å². The minimum atomic E-state index is -0.365. The van der Waals surface area contributed by atoms with Crippen molar-refractivity contribution >= 4 is 5.91 Å². The van der Waals surface area contributed by atoms with Gasteiger partial charge in [-0.05, 0) is 26.7 Å². The number of rotatable bonds is 4.